The molecule has 0 fully saturated rings. The van der Waals surface area contributed by atoms with Crippen molar-refractivity contribution in [2.75, 3.05) is 11.9 Å². The predicted octanol–water partition coefficient (Wildman–Crippen LogP) is 2.62. The zero-order valence-corrected chi connectivity index (χ0v) is 14.3. The fourth-order valence-corrected chi connectivity index (χ4v) is 3.25. The topological polar surface area (TPSA) is 95.3 Å². The lowest BCUT2D eigenvalue weighted by atomic mass is 10.0. The summed E-state index contributed by atoms with van der Waals surface area (Å²) < 4.78 is 0. The molecule has 6 nitrogen and oxygen atoms in total. The Morgan fingerprint density at radius 3 is 2.88 bits per heavy atom. The van der Waals surface area contributed by atoms with E-state index in [-0.39, 0.29) is 11.9 Å². The van der Waals surface area contributed by atoms with E-state index >= 15 is 0 Å². The minimum atomic E-state index is -0.207. The summed E-state index contributed by atoms with van der Waals surface area (Å²) in [5, 5.41) is 8.18. The van der Waals surface area contributed by atoms with E-state index in [1.165, 1.54) is 5.56 Å². The molecular formula is C20H21N5O. The van der Waals surface area contributed by atoms with Crippen LogP contribution in [0, 0.1) is 0 Å². The Kier molecular flexibility index (Phi) is 4.41. The highest BCUT2D eigenvalue weighted by molar-refractivity contribution is 6.15. The molecule has 0 saturated carbocycles. The second-order valence-corrected chi connectivity index (χ2v) is 6.55. The first-order valence-electron chi connectivity index (χ1n) is 8.72. The van der Waals surface area contributed by atoms with E-state index in [2.05, 4.69) is 33.0 Å². The molecular weight excluding hydrogens is 326 g/mol. The van der Waals surface area contributed by atoms with Crippen molar-refractivity contribution in [2.45, 2.75) is 18.9 Å². The van der Waals surface area contributed by atoms with Gasteiger partial charge in [-0.25, -0.2) is 5.43 Å². The van der Waals surface area contributed by atoms with Crippen LogP contribution in [0.25, 0.3) is 10.9 Å². The highest BCUT2D eigenvalue weighted by atomic mass is 16.2. The fraction of sp³-hybridized carbons (Fsp3) is 0.200. The lowest BCUT2D eigenvalue weighted by Crippen LogP contribution is -2.29. The monoisotopic (exact) mass is 347 g/mol. The minimum Gasteiger partial charge on any atom is -0.383 e. The van der Waals surface area contributed by atoms with E-state index in [1.807, 2.05) is 36.5 Å². The summed E-state index contributed by atoms with van der Waals surface area (Å²) in [4.78, 5) is 15.4. The summed E-state index contributed by atoms with van der Waals surface area (Å²) in [6.07, 6.45) is 5.36. The van der Waals surface area contributed by atoms with Crippen LogP contribution < -0.4 is 16.5 Å². The van der Waals surface area contributed by atoms with E-state index in [4.69, 9.17) is 5.73 Å². The number of nitrogens with zero attached hydrogens (tertiary/aromatic N) is 1. The summed E-state index contributed by atoms with van der Waals surface area (Å²) >= 11 is 0. The third-order valence-corrected chi connectivity index (χ3v) is 4.64. The summed E-state index contributed by atoms with van der Waals surface area (Å²) in [6.45, 7) is 0.642. The summed E-state index contributed by atoms with van der Waals surface area (Å²) in [7, 11) is 0. The number of nitrogens with two attached hydrogens (primary N) is 1. The van der Waals surface area contributed by atoms with E-state index in [0.29, 0.717) is 12.1 Å². The number of rotatable bonds is 6. The number of hydrogen-bond donors (Lipinski definition) is 4. The number of aryl methyl sites for hydroxylation is 1. The molecule has 1 amide bonds. The molecule has 0 unspecified atom stereocenters. The number of carbonyl (C=O) groups is 1. The van der Waals surface area contributed by atoms with Crippen molar-refractivity contribution in [3.8, 4) is 0 Å². The van der Waals surface area contributed by atoms with E-state index in [0.717, 1.165) is 35.0 Å². The van der Waals surface area contributed by atoms with Crippen molar-refractivity contribution in [1.29, 1.82) is 0 Å². The smallest absolute Gasteiger partial charge is 0.272 e. The Labute approximate surface area is 151 Å². The molecule has 0 spiro atoms. The van der Waals surface area contributed by atoms with Gasteiger partial charge in [0.05, 0.1) is 11.8 Å². The number of carbonyl (C=O) groups excluding carboxylic acids is 1. The maximum absolute atomic E-state index is 12.2. The van der Waals surface area contributed by atoms with Crippen LogP contribution in [0.2, 0.25) is 0 Å². The van der Waals surface area contributed by atoms with Crippen LogP contribution >= 0.6 is 0 Å². The zero-order valence-electron chi connectivity index (χ0n) is 14.3. The minimum absolute atomic E-state index is 0.0291. The zero-order chi connectivity index (χ0) is 17.9. The molecule has 1 aliphatic heterocycles. The third-order valence-electron chi connectivity index (χ3n) is 4.64. The fourth-order valence-electron chi connectivity index (χ4n) is 3.25. The van der Waals surface area contributed by atoms with Crippen LogP contribution in [-0.4, -0.2) is 29.7 Å². The van der Waals surface area contributed by atoms with Gasteiger partial charge in [0.2, 0.25) is 0 Å². The van der Waals surface area contributed by atoms with Crippen LogP contribution in [0.4, 0.5) is 5.69 Å². The van der Waals surface area contributed by atoms with E-state index in [1.54, 1.807) is 6.21 Å². The standard InChI is InChI=1S/C20H21N5O/c21-15(7-6-13-4-2-1-3-5-13)12-22-16-8-17-19-14(10-23-18(19)9-16)11-24-25-20(17)26/h1-5,8-11,15,22-23H,6-7,12,21H2,(H,25,26)/t15-/m1/s1. The number of nitrogens with one attached hydrogen (secondary N) is 3. The van der Waals surface area contributed by atoms with E-state index in [9.17, 15) is 4.79 Å². The second kappa shape index (κ2) is 7.01. The van der Waals surface area contributed by atoms with Crippen LogP contribution in [0.5, 0.6) is 0 Å². The molecule has 5 N–H and O–H groups in total. The first-order valence-corrected chi connectivity index (χ1v) is 8.72. The normalized spacial score (nSPS) is 14.1. The number of aromatic amines is 1. The quantitative estimate of drug-likeness (QED) is 0.552. The third kappa shape index (κ3) is 3.32. The van der Waals surface area contributed by atoms with Crippen molar-refractivity contribution in [2.24, 2.45) is 10.8 Å². The summed E-state index contributed by atoms with van der Waals surface area (Å²) in [5.41, 5.74) is 13.4. The lowest BCUT2D eigenvalue weighted by Gasteiger charge is -2.15. The van der Waals surface area contributed by atoms with Gasteiger partial charge < -0.3 is 16.0 Å². The first kappa shape index (κ1) is 16.4. The number of benzene rings is 2. The molecule has 132 valence electrons. The highest BCUT2D eigenvalue weighted by Gasteiger charge is 2.18. The molecule has 0 aliphatic carbocycles. The van der Waals surface area contributed by atoms with Gasteiger partial charge in [-0.1, -0.05) is 30.3 Å². The predicted molar refractivity (Wildman–Crippen MR) is 105 cm³/mol. The van der Waals surface area contributed by atoms with Crippen LogP contribution in [-0.2, 0) is 6.42 Å². The van der Waals surface area contributed by atoms with Gasteiger partial charge in [0, 0.05) is 40.9 Å². The number of anilines is 1. The Morgan fingerprint density at radius 2 is 2.04 bits per heavy atom. The molecule has 0 radical (unpaired) electrons. The lowest BCUT2D eigenvalue weighted by molar-refractivity contribution is 0.0957. The number of amides is 1. The number of H-pyrrole nitrogens is 1. The SMILES string of the molecule is N[C@H](CCc1ccccc1)CNc1cc2c3c(c[nH]c3c1)C=NNC2=O. The Balaban J connectivity index is 1.44. The largest absolute Gasteiger partial charge is 0.383 e. The molecule has 0 saturated heterocycles. The summed E-state index contributed by atoms with van der Waals surface area (Å²) in [6, 6.07) is 14.2. The van der Waals surface area contributed by atoms with Crippen molar-refractivity contribution in [3.63, 3.8) is 0 Å². The van der Waals surface area contributed by atoms with Gasteiger partial charge in [-0.05, 0) is 30.5 Å². The molecule has 6 heteroatoms. The van der Waals surface area contributed by atoms with Crippen LogP contribution in [0.1, 0.15) is 27.9 Å². The molecule has 1 atom stereocenters. The van der Waals surface area contributed by atoms with Gasteiger partial charge in [-0.3, -0.25) is 4.79 Å². The Bertz CT molecular complexity index is 961. The Hall–Kier alpha value is -3.12. The van der Waals surface area contributed by atoms with Crippen molar-refractivity contribution >= 4 is 28.7 Å². The average molecular weight is 347 g/mol. The van der Waals surface area contributed by atoms with Gasteiger partial charge in [-0.15, -0.1) is 0 Å². The highest BCUT2D eigenvalue weighted by Crippen LogP contribution is 2.27. The maximum Gasteiger partial charge on any atom is 0.272 e. The van der Waals surface area contributed by atoms with Crippen molar-refractivity contribution in [1.82, 2.24) is 10.4 Å². The molecule has 2 heterocycles. The molecule has 0 bridgehead atoms. The van der Waals surface area contributed by atoms with Crippen LogP contribution in [0.3, 0.4) is 0 Å². The van der Waals surface area contributed by atoms with Gasteiger partial charge in [0.15, 0.2) is 0 Å². The van der Waals surface area contributed by atoms with Crippen molar-refractivity contribution < 1.29 is 4.79 Å². The Morgan fingerprint density at radius 1 is 1.19 bits per heavy atom. The van der Waals surface area contributed by atoms with Gasteiger partial charge in [0.25, 0.3) is 5.91 Å². The molecule has 1 aliphatic rings. The molecule has 2 aromatic carbocycles. The molecule has 4 rings (SSSR count). The van der Waals surface area contributed by atoms with Gasteiger partial charge >= 0.3 is 0 Å². The van der Waals surface area contributed by atoms with Gasteiger partial charge in [0.1, 0.15) is 0 Å². The average Bonchev–Trinajstić information content (AvgIpc) is 3.00. The maximum atomic E-state index is 12.2. The van der Waals surface area contributed by atoms with E-state index < -0.39 is 0 Å². The number of aromatic nitrogens is 1. The van der Waals surface area contributed by atoms with Crippen molar-refractivity contribution in [3.05, 3.63) is 65.4 Å². The second-order valence-electron chi connectivity index (χ2n) is 6.55. The molecule has 1 aromatic heterocycles. The first-order chi connectivity index (χ1) is 12.7. The molecule has 26 heavy (non-hydrogen) atoms. The number of hydrogen-bond acceptors (Lipinski definition) is 4. The van der Waals surface area contributed by atoms with Gasteiger partial charge in [-0.2, -0.15) is 5.10 Å². The molecule has 3 aromatic rings. The summed E-state index contributed by atoms with van der Waals surface area (Å²) in [5.74, 6) is -0.207. The van der Waals surface area contributed by atoms with Crippen LogP contribution in [0.15, 0.2) is 53.8 Å². The number of hydrazone groups is 1.